The van der Waals surface area contributed by atoms with Crippen molar-refractivity contribution in [2.45, 2.75) is 32.4 Å². The lowest BCUT2D eigenvalue weighted by Crippen LogP contribution is -2.42. The van der Waals surface area contributed by atoms with E-state index in [0.29, 0.717) is 0 Å². The Balaban J connectivity index is 4.18. The largest absolute Gasteiger partial charge is 0.479 e. The Kier molecular flexibility index (Phi) is 4.14. The van der Waals surface area contributed by atoms with Crippen molar-refractivity contribution in [3.8, 4) is 0 Å². The molecule has 2 N–H and O–H groups in total. The molecular formula is C9H15NO4. The molecule has 0 unspecified atom stereocenters. The molecule has 0 aliphatic heterocycles. The number of carbonyl (C=O) groups is 2. The smallest absolute Gasteiger partial charge is 0.408 e. The maximum atomic E-state index is 11.1. The molecule has 0 heterocycles. The first kappa shape index (κ1) is 12.5. The van der Waals surface area contributed by atoms with Crippen LogP contribution < -0.4 is 5.32 Å². The zero-order valence-corrected chi connectivity index (χ0v) is 8.53. The monoisotopic (exact) mass is 201 g/mol. The van der Waals surface area contributed by atoms with Crippen molar-refractivity contribution in [1.82, 2.24) is 5.32 Å². The molecule has 5 heteroatoms. The predicted molar refractivity (Wildman–Crippen MR) is 51.0 cm³/mol. The van der Waals surface area contributed by atoms with Gasteiger partial charge in [-0.25, -0.2) is 9.59 Å². The number of aliphatic carboxylic acids is 1. The van der Waals surface area contributed by atoms with Crippen LogP contribution in [0.5, 0.6) is 0 Å². The summed E-state index contributed by atoms with van der Waals surface area (Å²) in [4.78, 5) is 21.6. The van der Waals surface area contributed by atoms with Crippen LogP contribution in [0.25, 0.3) is 0 Å². The van der Waals surface area contributed by atoms with Crippen molar-refractivity contribution in [3.63, 3.8) is 0 Å². The normalized spacial score (nSPS) is 12.8. The first-order valence-corrected chi connectivity index (χ1v) is 4.11. The molecule has 0 saturated heterocycles. The molecule has 0 rings (SSSR count). The van der Waals surface area contributed by atoms with Crippen molar-refractivity contribution in [2.24, 2.45) is 0 Å². The first-order valence-electron chi connectivity index (χ1n) is 4.11. The fourth-order valence-electron chi connectivity index (χ4n) is 0.656. The molecule has 80 valence electrons. The van der Waals surface area contributed by atoms with E-state index >= 15 is 0 Å². The third kappa shape index (κ3) is 5.18. The molecule has 0 aromatic heterocycles. The number of rotatable bonds is 3. The Hall–Kier alpha value is -1.52. The van der Waals surface area contributed by atoms with Gasteiger partial charge in [0, 0.05) is 0 Å². The highest BCUT2D eigenvalue weighted by molar-refractivity contribution is 5.81. The minimum Gasteiger partial charge on any atom is -0.479 e. The van der Waals surface area contributed by atoms with Gasteiger partial charge >= 0.3 is 12.1 Å². The second kappa shape index (κ2) is 4.64. The summed E-state index contributed by atoms with van der Waals surface area (Å²) >= 11 is 0. The molecular weight excluding hydrogens is 186 g/mol. The standard InChI is InChI=1S/C9H15NO4/c1-5-6(7(11)12)10-8(13)14-9(2,3)4/h5-6H,1H2,2-4H3,(H,10,13)(H,11,12)/t6-/m0/s1. The Morgan fingerprint density at radius 1 is 1.50 bits per heavy atom. The van der Waals surface area contributed by atoms with Crippen LogP contribution >= 0.6 is 0 Å². The van der Waals surface area contributed by atoms with Gasteiger partial charge in [0.05, 0.1) is 0 Å². The number of amides is 1. The molecule has 1 amide bonds. The average Bonchev–Trinajstić information content (AvgIpc) is 1.96. The van der Waals surface area contributed by atoms with Gasteiger partial charge in [0.15, 0.2) is 0 Å². The van der Waals surface area contributed by atoms with Gasteiger partial charge in [-0.3, -0.25) is 0 Å². The lowest BCUT2D eigenvalue weighted by Gasteiger charge is -2.20. The minimum absolute atomic E-state index is 0.645. The van der Waals surface area contributed by atoms with Gasteiger partial charge in [-0.05, 0) is 20.8 Å². The summed E-state index contributed by atoms with van der Waals surface area (Å²) in [6, 6.07) is -1.12. The fraction of sp³-hybridized carbons (Fsp3) is 0.556. The highest BCUT2D eigenvalue weighted by Crippen LogP contribution is 2.06. The van der Waals surface area contributed by atoms with Gasteiger partial charge in [0.2, 0.25) is 0 Å². The summed E-state index contributed by atoms with van der Waals surface area (Å²) in [5.41, 5.74) is -0.645. The van der Waals surface area contributed by atoms with Gasteiger partial charge in [-0.15, -0.1) is 6.58 Å². The third-order valence-corrected chi connectivity index (χ3v) is 1.17. The van der Waals surface area contributed by atoms with Crippen LogP contribution in [0.1, 0.15) is 20.8 Å². The maximum absolute atomic E-state index is 11.1. The second-order valence-electron chi connectivity index (χ2n) is 3.70. The second-order valence-corrected chi connectivity index (χ2v) is 3.70. The van der Waals surface area contributed by atoms with Crippen LogP contribution in [-0.4, -0.2) is 28.8 Å². The summed E-state index contributed by atoms with van der Waals surface area (Å²) < 4.78 is 4.86. The van der Waals surface area contributed by atoms with E-state index in [9.17, 15) is 9.59 Å². The molecule has 0 saturated carbocycles. The zero-order chi connectivity index (χ0) is 11.4. The summed E-state index contributed by atoms with van der Waals surface area (Å²) in [6.45, 7) is 8.35. The summed E-state index contributed by atoms with van der Waals surface area (Å²) in [5.74, 6) is -1.18. The van der Waals surface area contributed by atoms with Gasteiger partial charge in [0.1, 0.15) is 11.6 Å². The minimum atomic E-state index is -1.18. The van der Waals surface area contributed by atoms with E-state index in [1.807, 2.05) is 0 Å². The number of hydrogen-bond donors (Lipinski definition) is 2. The highest BCUT2D eigenvalue weighted by Gasteiger charge is 2.21. The van der Waals surface area contributed by atoms with Crippen molar-refractivity contribution in [2.75, 3.05) is 0 Å². The van der Waals surface area contributed by atoms with Gasteiger partial charge in [-0.2, -0.15) is 0 Å². The van der Waals surface area contributed by atoms with E-state index in [0.717, 1.165) is 6.08 Å². The van der Waals surface area contributed by atoms with E-state index in [-0.39, 0.29) is 0 Å². The van der Waals surface area contributed by atoms with E-state index in [1.165, 1.54) is 0 Å². The molecule has 0 fully saturated rings. The maximum Gasteiger partial charge on any atom is 0.408 e. The van der Waals surface area contributed by atoms with E-state index < -0.39 is 23.7 Å². The zero-order valence-electron chi connectivity index (χ0n) is 8.53. The number of ether oxygens (including phenoxy) is 1. The Bertz CT molecular complexity index is 242. The molecule has 0 aromatic carbocycles. The molecule has 0 spiro atoms. The van der Waals surface area contributed by atoms with Gasteiger partial charge in [-0.1, -0.05) is 6.08 Å². The fourth-order valence-corrected chi connectivity index (χ4v) is 0.656. The van der Waals surface area contributed by atoms with Crippen LogP contribution in [0.3, 0.4) is 0 Å². The van der Waals surface area contributed by atoms with Crippen LogP contribution in [0.4, 0.5) is 4.79 Å². The SMILES string of the molecule is C=C[C@H](NC(=O)OC(C)(C)C)C(=O)O. The van der Waals surface area contributed by atoms with Crippen molar-refractivity contribution in [1.29, 1.82) is 0 Å². The number of alkyl carbamates (subject to hydrolysis) is 1. The average molecular weight is 201 g/mol. The summed E-state index contributed by atoms with van der Waals surface area (Å²) in [5, 5.41) is 10.7. The van der Waals surface area contributed by atoms with E-state index in [4.69, 9.17) is 9.84 Å². The summed E-state index contributed by atoms with van der Waals surface area (Å²) in [7, 11) is 0. The number of carboxylic acid groups (broad SMARTS) is 1. The first-order chi connectivity index (χ1) is 6.26. The third-order valence-electron chi connectivity index (χ3n) is 1.17. The van der Waals surface area contributed by atoms with E-state index in [2.05, 4.69) is 11.9 Å². The van der Waals surface area contributed by atoms with Crippen molar-refractivity contribution in [3.05, 3.63) is 12.7 Å². The van der Waals surface area contributed by atoms with Crippen molar-refractivity contribution < 1.29 is 19.4 Å². The number of carbonyl (C=O) groups excluding carboxylic acids is 1. The highest BCUT2D eigenvalue weighted by atomic mass is 16.6. The van der Waals surface area contributed by atoms with E-state index in [1.54, 1.807) is 20.8 Å². The van der Waals surface area contributed by atoms with Crippen LogP contribution in [-0.2, 0) is 9.53 Å². The Labute approximate surface area is 82.7 Å². The number of nitrogens with one attached hydrogen (secondary N) is 1. The molecule has 14 heavy (non-hydrogen) atoms. The Morgan fingerprint density at radius 2 is 2.00 bits per heavy atom. The molecule has 0 aliphatic rings. The van der Waals surface area contributed by atoms with Crippen LogP contribution in [0.2, 0.25) is 0 Å². The van der Waals surface area contributed by atoms with Crippen molar-refractivity contribution >= 4 is 12.1 Å². The van der Waals surface area contributed by atoms with Crippen LogP contribution in [0.15, 0.2) is 12.7 Å². The molecule has 1 atom stereocenters. The molecule has 0 bridgehead atoms. The molecule has 0 radical (unpaired) electrons. The Morgan fingerprint density at radius 3 is 2.29 bits per heavy atom. The topological polar surface area (TPSA) is 75.6 Å². The lowest BCUT2D eigenvalue weighted by atomic mass is 10.2. The lowest BCUT2D eigenvalue weighted by molar-refractivity contribution is -0.138. The van der Waals surface area contributed by atoms with Gasteiger partial charge in [0.25, 0.3) is 0 Å². The molecule has 0 aliphatic carbocycles. The molecule has 5 nitrogen and oxygen atoms in total. The number of hydrogen-bond acceptors (Lipinski definition) is 3. The molecule has 0 aromatic rings. The summed E-state index contributed by atoms with van der Waals surface area (Å²) in [6.07, 6.45) is 0.344. The predicted octanol–water partition coefficient (Wildman–Crippen LogP) is 1.15. The number of carboxylic acids is 1. The van der Waals surface area contributed by atoms with Gasteiger partial charge < -0.3 is 15.2 Å². The van der Waals surface area contributed by atoms with Crippen LogP contribution in [0, 0.1) is 0 Å². The quantitative estimate of drug-likeness (QED) is 0.671.